The topological polar surface area (TPSA) is 87.0 Å². The first kappa shape index (κ1) is 14.9. The van der Waals surface area contributed by atoms with E-state index in [0.717, 1.165) is 11.1 Å². The van der Waals surface area contributed by atoms with E-state index in [-0.39, 0.29) is 11.8 Å². The third kappa shape index (κ3) is 3.12. The molecule has 0 fully saturated rings. The van der Waals surface area contributed by atoms with Gasteiger partial charge in [0.2, 0.25) is 5.95 Å². The fourth-order valence-electron chi connectivity index (χ4n) is 2.22. The molecule has 4 N–H and O–H groups in total. The second kappa shape index (κ2) is 6.03. The van der Waals surface area contributed by atoms with Crippen LogP contribution in [0, 0.1) is 11.8 Å². The quantitative estimate of drug-likeness (QED) is 0.672. The van der Waals surface area contributed by atoms with Crippen molar-refractivity contribution in [1.82, 2.24) is 9.97 Å². The Bertz CT molecular complexity index is 960. The van der Waals surface area contributed by atoms with Gasteiger partial charge in [0.25, 0.3) is 0 Å². The summed E-state index contributed by atoms with van der Waals surface area (Å²) in [5.74, 6) is 7.05. The first-order valence-corrected chi connectivity index (χ1v) is 7.13. The first-order valence-electron chi connectivity index (χ1n) is 6.75. The van der Waals surface area contributed by atoms with Crippen molar-refractivity contribution in [2.75, 3.05) is 18.6 Å². The molecule has 5 nitrogen and oxygen atoms in total. The van der Waals surface area contributed by atoms with Crippen LogP contribution < -0.4 is 16.2 Å². The highest BCUT2D eigenvalue weighted by atomic mass is 35.5. The predicted molar refractivity (Wildman–Crippen MR) is 92.3 cm³/mol. The number of nitrogen functional groups attached to an aromatic ring is 2. The standard InChI is InChI=1S/C17H13ClN4O/c1-23-14-9-11(6-5-10-3-2-4-12(18)7-10)8-13-15(14)16(19)22-17(20)21-13/h2-4,7-9H,1H3,(H4,19,20,21,22). The average Bonchev–Trinajstić information content (AvgIpc) is 2.51. The van der Waals surface area contributed by atoms with E-state index in [9.17, 15) is 0 Å². The van der Waals surface area contributed by atoms with E-state index >= 15 is 0 Å². The summed E-state index contributed by atoms with van der Waals surface area (Å²) < 4.78 is 5.37. The second-order valence-electron chi connectivity index (χ2n) is 4.80. The van der Waals surface area contributed by atoms with Gasteiger partial charge in [-0.1, -0.05) is 29.5 Å². The number of fused-ring (bicyclic) bond motifs is 1. The maximum Gasteiger partial charge on any atom is 0.222 e. The maximum absolute atomic E-state index is 5.95. The lowest BCUT2D eigenvalue weighted by molar-refractivity contribution is 0.419. The molecular weight excluding hydrogens is 312 g/mol. The minimum Gasteiger partial charge on any atom is -0.496 e. The summed E-state index contributed by atoms with van der Waals surface area (Å²) in [6, 6.07) is 10.9. The maximum atomic E-state index is 5.95. The van der Waals surface area contributed by atoms with Gasteiger partial charge < -0.3 is 16.2 Å². The molecule has 6 heteroatoms. The molecule has 114 valence electrons. The Morgan fingerprint density at radius 2 is 1.83 bits per heavy atom. The SMILES string of the molecule is COc1cc(C#Cc2cccc(Cl)c2)cc2nc(N)nc(N)c12. The highest BCUT2D eigenvalue weighted by Gasteiger charge is 2.10. The van der Waals surface area contributed by atoms with E-state index < -0.39 is 0 Å². The number of hydrogen-bond acceptors (Lipinski definition) is 5. The van der Waals surface area contributed by atoms with Crippen LogP contribution >= 0.6 is 11.6 Å². The van der Waals surface area contributed by atoms with Gasteiger partial charge in [0.15, 0.2) is 0 Å². The van der Waals surface area contributed by atoms with Crippen LogP contribution in [0.5, 0.6) is 5.75 Å². The number of hydrogen-bond donors (Lipinski definition) is 2. The molecule has 23 heavy (non-hydrogen) atoms. The summed E-state index contributed by atoms with van der Waals surface area (Å²) in [6.45, 7) is 0. The van der Waals surface area contributed by atoms with Crippen LogP contribution in [0.25, 0.3) is 10.9 Å². The molecule has 0 aliphatic rings. The van der Waals surface area contributed by atoms with Crippen molar-refractivity contribution in [2.45, 2.75) is 0 Å². The van der Waals surface area contributed by atoms with Crippen LogP contribution in [0.2, 0.25) is 5.02 Å². The minimum absolute atomic E-state index is 0.108. The fourth-order valence-corrected chi connectivity index (χ4v) is 2.41. The Labute approximate surface area is 138 Å². The monoisotopic (exact) mass is 324 g/mol. The molecule has 2 aromatic carbocycles. The summed E-state index contributed by atoms with van der Waals surface area (Å²) in [5.41, 5.74) is 13.7. The first-order chi connectivity index (χ1) is 11.1. The molecule has 0 unspecified atom stereocenters. The zero-order chi connectivity index (χ0) is 16.4. The van der Waals surface area contributed by atoms with E-state index in [1.54, 1.807) is 31.4 Å². The molecule has 0 spiro atoms. The van der Waals surface area contributed by atoms with Gasteiger partial charge in [-0.2, -0.15) is 4.98 Å². The van der Waals surface area contributed by atoms with E-state index in [1.165, 1.54) is 0 Å². The van der Waals surface area contributed by atoms with Crippen LogP contribution in [0.1, 0.15) is 11.1 Å². The van der Waals surface area contributed by atoms with Crippen LogP contribution in [-0.4, -0.2) is 17.1 Å². The van der Waals surface area contributed by atoms with E-state index in [4.69, 9.17) is 27.8 Å². The molecule has 1 heterocycles. The Morgan fingerprint density at radius 1 is 1.04 bits per heavy atom. The molecule has 0 aliphatic carbocycles. The van der Waals surface area contributed by atoms with Crippen molar-refractivity contribution in [3.05, 3.63) is 52.5 Å². The fraction of sp³-hybridized carbons (Fsp3) is 0.0588. The smallest absolute Gasteiger partial charge is 0.222 e. The normalized spacial score (nSPS) is 10.2. The largest absolute Gasteiger partial charge is 0.496 e. The van der Waals surface area contributed by atoms with Crippen molar-refractivity contribution in [2.24, 2.45) is 0 Å². The third-order valence-electron chi connectivity index (χ3n) is 3.20. The van der Waals surface area contributed by atoms with E-state index in [0.29, 0.717) is 21.7 Å². The van der Waals surface area contributed by atoms with Gasteiger partial charge in [0, 0.05) is 16.1 Å². The molecule has 0 saturated heterocycles. The van der Waals surface area contributed by atoms with Gasteiger partial charge in [0.1, 0.15) is 11.6 Å². The molecule has 0 radical (unpaired) electrons. The van der Waals surface area contributed by atoms with Gasteiger partial charge in [-0.3, -0.25) is 0 Å². The Hall–Kier alpha value is -2.97. The van der Waals surface area contributed by atoms with Gasteiger partial charge in [-0.25, -0.2) is 4.98 Å². The van der Waals surface area contributed by atoms with Crippen molar-refractivity contribution in [3.63, 3.8) is 0 Å². The molecule has 3 aromatic rings. The number of halogens is 1. The van der Waals surface area contributed by atoms with Gasteiger partial charge in [-0.05, 0) is 30.3 Å². The highest BCUT2D eigenvalue weighted by Crippen LogP contribution is 2.30. The highest BCUT2D eigenvalue weighted by molar-refractivity contribution is 6.30. The molecule has 0 atom stereocenters. The van der Waals surface area contributed by atoms with Gasteiger partial charge in [-0.15, -0.1) is 0 Å². The van der Waals surface area contributed by atoms with Gasteiger partial charge >= 0.3 is 0 Å². The number of aromatic nitrogens is 2. The summed E-state index contributed by atoms with van der Waals surface area (Å²) in [7, 11) is 1.55. The van der Waals surface area contributed by atoms with Crippen LogP contribution in [0.15, 0.2) is 36.4 Å². The van der Waals surface area contributed by atoms with Gasteiger partial charge in [0.05, 0.1) is 18.0 Å². The minimum atomic E-state index is 0.108. The molecule has 0 saturated carbocycles. The summed E-state index contributed by atoms with van der Waals surface area (Å²) in [4.78, 5) is 8.15. The molecule has 0 bridgehead atoms. The van der Waals surface area contributed by atoms with Crippen molar-refractivity contribution >= 4 is 34.3 Å². The number of nitrogens with two attached hydrogens (primary N) is 2. The summed E-state index contributed by atoms with van der Waals surface area (Å²) in [5, 5.41) is 1.26. The van der Waals surface area contributed by atoms with Crippen LogP contribution in [0.4, 0.5) is 11.8 Å². The molecule has 1 aromatic heterocycles. The van der Waals surface area contributed by atoms with Crippen molar-refractivity contribution in [3.8, 4) is 17.6 Å². The lowest BCUT2D eigenvalue weighted by Crippen LogP contribution is -2.02. The zero-order valence-corrected chi connectivity index (χ0v) is 13.1. The molecular formula is C17H13ClN4O. The average molecular weight is 325 g/mol. The number of ether oxygens (including phenoxy) is 1. The van der Waals surface area contributed by atoms with Crippen molar-refractivity contribution < 1.29 is 4.74 Å². The predicted octanol–water partition coefficient (Wildman–Crippen LogP) is 2.86. The number of benzene rings is 2. The Morgan fingerprint density at radius 3 is 2.57 bits per heavy atom. The van der Waals surface area contributed by atoms with Crippen LogP contribution in [-0.2, 0) is 0 Å². The van der Waals surface area contributed by atoms with Crippen molar-refractivity contribution in [1.29, 1.82) is 0 Å². The summed E-state index contributed by atoms with van der Waals surface area (Å²) >= 11 is 5.95. The second-order valence-corrected chi connectivity index (χ2v) is 5.24. The third-order valence-corrected chi connectivity index (χ3v) is 3.44. The summed E-state index contributed by atoms with van der Waals surface area (Å²) in [6.07, 6.45) is 0. The lowest BCUT2D eigenvalue weighted by Gasteiger charge is -2.08. The van der Waals surface area contributed by atoms with E-state index in [1.807, 2.05) is 12.1 Å². The van der Waals surface area contributed by atoms with Crippen LogP contribution in [0.3, 0.4) is 0 Å². The van der Waals surface area contributed by atoms with E-state index in [2.05, 4.69) is 21.8 Å². The molecule has 3 rings (SSSR count). The number of anilines is 2. The number of methoxy groups -OCH3 is 1. The molecule has 0 aliphatic heterocycles. The Balaban J connectivity index is 2.13. The lowest BCUT2D eigenvalue weighted by atomic mass is 10.1. The molecule has 0 amide bonds. The zero-order valence-electron chi connectivity index (χ0n) is 12.3. The number of nitrogens with zero attached hydrogens (tertiary/aromatic N) is 2. The Kier molecular flexibility index (Phi) is 3.92. The number of rotatable bonds is 1.